The van der Waals surface area contributed by atoms with E-state index in [1.54, 1.807) is 25.1 Å². The number of phenols is 1. The number of hydrogen-bond donors (Lipinski definition) is 2. The fourth-order valence-electron chi connectivity index (χ4n) is 2.00. The monoisotopic (exact) mass is 306 g/mol. The Labute approximate surface area is 127 Å². The third-order valence-corrected chi connectivity index (χ3v) is 3.46. The Morgan fingerprint density at radius 1 is 1.29 bits per heavy atom. The fraction of sp³-hybridized carbons (Fsp3) is 0.200. The summed E-state index contributed by atoms with van der Waals surface area (Å²) in [5, 5.41) is 23.3. The first-order valence-electron chi connectivity index (χ1n) is 6.43. The minimum Gasteiger partial charge on any atom is -0.508 e. The van der Waals surface area contributed by atoms with Crippen LogP contribution in [0.1, 0.15) is 11.1 Å². The summed E-state index contributed by atoms with van der Waals surface area (Å²) in [4.78, 5) is 10.3. The summed E-state index contributed by atoms with van der Waals surface area (Å²) >= 11 is 5.90. The molecule has 5 nitrogen and oxygen atoms in total. The minimum atomic E-state index is -0.491. The van der Waals surface area contributed by atoms with Crippen LogP contribution in [0.4, 0.5) is 11.4 Å². The van der Waals surface area contributed by atoms with Crippen molar-refractivity contribution in [3.05, 3.63) is 62.7 Å². The van der Waals surface area contributed by atoms with Crippen LogP contribution in [0.5, 0.6) is 5.75 Å². The Balaban J connectivity index is 2.02. The maximum atomic E-state index is 10.8. The number of hydrogen-bond acceptors (Lipinski definition) is 4. The van der Waals surface area contributed by atoms with E-state index in [0.29, 0.717) is 6.54 Å². The zero-order valence-electron chi connectivity index (χ0n) is 11.5. The summed E-state index contributed by atoms with van der Waals surface area (Å²) in [6, 6.07) is 10.0. The molecule has 0 fully saturated rings. The van der Waals surface area contributed by atoms with E-state index in [9.17, 15) is 15.2 Å². The largest absolute Gasteiger partial charge is 0.508 e. The first kappa shape index (κ1) is 15.1. The zero-order valence-corrected chi connectivity index (χ0v) is 12.2. The fourth-order valence-corrected chi connectivity index (χ4v) is 2.23. The molecule has 0 saturated carbocycles. The molecule has 0 aliphatic rings. The molecule has 0 aromatic heterocycles. The van der Waals surface area contributed by atoms with Gasteiger partial charge in [-0.3, -0.25) is 10.1 Å². The predicted molar refractivity (Wildman–Crippen MR) is 83.1 cm³/mol. The van der Waals surface area contributed by atoms with E-state index in [-0.39, 0.29) is 16.5 Å². The summed E-state index contributed by atoms with van der Waals surface area (Å²) in [5.41, 5.74) is 2.56. The number of nitrogens with one attached hydrogen (secondary N) is 1. The van der Waals surface area contributed by atoms with Gasteiger partial charge in [0, 0.05) is 18.3 Å². The molecule has 2 rings (SSSR count). The average molecular weight is 307 g/mol. The Morgan fingerprint density at radius 3 is 2.57 bits per heavy atom. The lowest BCUT2D eigenvalue weighted by atomic mass is 10.1. The highest BCUT2D eigenvalue weighted by atomic mass is 35.5. The van der Waals surface area contributed by atoms with Crippen molar-refractivity contribution in [1.29, 1.82) is 0 Å². The van der Waals surface area contributed by atoms with Gasteiger partial charge < -0.3 is 10.4 Å². The summed E-state index contributed by atoms with van der Waals surface area (Å²) in [5.74, 6) is 0.240. The molecule has 0 amide bonds. The summed E-state index contributed by atoms with van der Waals surface area (Å²) in [6.07, 6.45) is 0.772. The summed E-state index contributed by atoms with van der Waals surface area (Å²) in [6.45, 7) is 2.46. The summed E-state index contributed by atoms with van der Waals surface area (Å²) in [7, 11) is 0. The number of anilines is 1. The standard InChI is InChI=1S/C15H15ClN2O3/c1-10-8-15(18(20)21)13(16)9-14(10)17-7-6-11-2-4-12(19)5-3-11/h2-5,8-9,17,19H,6-7H2,1H3. The predicted octanol–water partition coefficient (Wildman–Crippen LogP) is 3.92. The van der Waals surface area contributed by atoms with Gasteiger partial charge in [0.2, 0.25) is 0 Å². The number of benzene rings is 2. The van der Waals surface area contributed by atoms with Crippen molar-refractivity contribution in [2.75, 3.05) is 11.9 Å². The van der Waals surface area contributed by atoms with Crippen LogP contribution < -0.4 is 5.32 Å². The third-order valence-electron chi connectivity index (χ3n) is 3.16. The summed E-state index contributed by atoms with van der Waals surface area (Å²) < 4.78 is 0. The first-order valence-corrected chi connectivity index (χ1v) is 6.81. The van der Waals surface area contributed by atoms with Gasteiger partial charge in [-0.25, -0.2) is 0 Å². The number of aryl methyl sites for hydroxylation is 1. The molecule has 0 heterocycles. The molecule has 2 N–H and O–H groups in total. The van der Waals surface area contributed by atoms with Crippen molar-refractivity contribution in [2.24, 2.45) is 0 Å². The Morgan fingerprint density at radius 2 is 1.95 bits per heavy atom. The van der Waals surface area contributed by atoms with Gasteiger partial charge in [0.05, 0.1) is 4.92 Å². The van der Waals surface area contributed by atoms with E-state index in [0.717, 1.165) is 23.2 Å². The highest BCUT2D eigenvalue weighted by molar-refractivity contribution is 6.33. The van der Waals surface area contributed by atoms with E-state index in [4.69, 9.17) is 11.6 Å². The average Bonchev–Trinajstić information content (AvgIpc) is 2.44. The highest BCUT2D eigenvalue weighted by Gasteiger charge is 2.14. The second-order valence-electron chi connectivity index (χ2n) is 4.72. The Bertz CT molecular complexity index is 657. The maximum absolute atomic E-state index is 10.8. The van der Waals surface area contributed by atoms with Crippen LogP contribution in [0.2, 0.25) is 5.02 Å². The van der Waals surface area contributed by atoms with E-state index in [2.05, 4.69) is 5.32 Å². The van der Waals surface area contributed by atoms with Crippen molar-refractivity contribution < 1.29 is 10.0 Å². The number of aromatic hydroxyl groups is 1. The van der Waals surface area contributed by atoms with Gasteiger partial charge in [0.25, 0.3) is 5.69 Å². The van der Waals surface area contributed by atoms with Crippen molar-refractivity contribution in [3.63, 3.8) is 0 Å². The topological polar surface area (TPSA) is 75.4 Å². The molecule has 0 saturated heterocycles. The SMILES string of the molecule is Cc1cc([N+](=O)[O-])c(Cl)cc1NCCc1ccc(O)cc1. The molecule has 0 aliphatic heterocycles. The van der Waals surface area contributed by atoms with E-state index in [1.165, 1.54) is 6.07 Å². The normalized spacial score (nSPS) is 10.4. The lowest BCUT2D eigenvalue weighted by molar-refractivity contribution is -0.384. The van der Waals surface area contributed by atoms with Gasteiger partial charge in [0.1, 0.15) is 10.8 Å². The quantitative estimate of drug-likeness (QED) is 0.648. The number of rotatable bonds is 5. The van der Waals surface area contributed by atoms with E-state index < -0.39 is 4.92 Å². The molecule has 21 heavy (non-hydrogen) atoms. The first-order chi connectivity index (χ1) is 9.97. The number of nitrogens with zero attached hydrogens (tertiary/aromatic N) is 1. The van der Waals surface area contributed by atoms with Gasteiger partial charge in [-0.1, -0.05) is 23.7 Å². The zero-order chi connectivity index (χ0) is 15.4. The molecular weight excluding hydrogens is 292 g/mol. The maximum Gasteiger partial charge on any atom is 0.288 e. The molecule has 0 aliphatic carbocycles. The smallest absolute Gasteiger partial charge is 0.288 e. The van der Waals surface area contributed by atoms with Gasteiger partial charge in [-0.05, 0) is 42.7 Å². The van der Waals surface area contributed by atoms with Gasteiger partial charge in [0.15, 0.2) is 0 Å². The van der Waals surface area contributed by atoms with Gasteiger partial charge in [-0.2, -0.15) is 0 Å². The van der Waals surface area contributed by atoms with Crippen molar-refractivity contribution in [2.45, 2.75) is 13.3 Å². The van der Waals surface area contributed by atoms with Gasteiger partial charge in [-0.15, -0.1) is 0 Å². The molecule has 6 heteroatoms. The van der Waals surface area contributed by atoms with Crippen molar-refractivity contribution in [3.8, 4) is 5.75 Å². The molecule has 2 aromatic carbocycles. The van der Waals surface area contributed by atoms with Crippen LogP contribution in [0.3, 0.4) is 0 Å². The molecule has 0 radical (unpaired) electrons. The highest BCUT2D eigenvalue weighted by Crippen LogP contribution is 2.30. The number of phenolic OH excluding ortho intramolecular Hbond substituents is 1. The molecule has 110 valence electrons. The molecule has 0 unspecified atom stereocenters. The number of halogens is 1. The van der Waals surface area contributed by atoms with Crippen LogP contribution >= 0.6 is 11.6 Å². The van der Waals surface area contributed by atoms with E-state index >= 15 is 0 Å². The number of nitro groups is 1. The molecular formula is C15H15ClN2O3. The van der Waals surface area contributed by atoms with Crippen molar-refractivity contribution >= 4 is 23.0 Å². The second-order valence-corrected chi connectivity index (χ2v) is 5.13. The molecule has 0 spiro atoms. The minimum absolute atomic E-state index is 0.0850. The van der Waals surface area contributed by atoms with Crippen LogP contribution in [-0.4, -0.2) is 16.6 Å². The lowest BCUT2D eigenvalue weighted by Gasteiger charge is -2.10. The lowest BCUT2D eigenvalue weighted by Crippen LogP contribution is -2.06. The molecule has 0 atom stereocenters. The Kier molecular flexibility index (Phi) is 4.65. The Hall–Kier alpha value is -2.27. The molecule has 2 aromatic rings. The van der Waals surface area contributed by atoms with Crippen LogP contribution in [0.25, 0.3) is 0 Å². The second kappa shape index (κ2) is 6.45. The van der Waals surface area contributed by atoms with Crippen LogP contribution in [0.15, 0.2) is 36.4 Å². The van der Waals surface area contributed by atoms with E-state index in [1.807, 2.05) is 12.1 Å². The van der Waals surface area contributed by atoms with Crippen molar-refractivity contribution in [1.82, 2.24) is 0 Å². The van der Waals surface area contributed by atoms with Crippen LogP contribution in [-0.2, 0) is 6.42 Å². The number of nitro benzene ring substituents is 1. The van der Waals surface area contributed by atoms with Crippen LogP contribution in [0, 0.1) is 17.0 Å². The molecule has 0 bridgehead atoms. The third kappa shape index (κ3) is 3.86. The van der Waals surface area contributed by atoms with Gasteiger partial charge >= 0.3 is 0 Å².